The zero-order chi connectivity index (χ0) is 11.1. The first kappa shape index (κ1) is 11.3. The highest BCUT2D eigenvalue weighted by Gasteiger charge is 2.07. The lowest BCUT2D eigenvalue weighted by Gasteiger charge is -2.03. The summed E-state index contributed by atoms with van der Waals surface area (Å²) in [5.74, 6) is -0.139. The number of nitrogens with one attached hydrogen (secondary N) is 1. The van der Waals surface area contributed by atoms with Crippen molar-refractivity contribution >= 4 is 11.9 Å². The number of furan rings is 1. The number of ether oxygens (including phenoxy) is 1. The smallest absolute Gasteiger partial charge is 0.325 e. The summed E-state index contributed by atoms with van der Waals surface area (Å²) in [5, 5.41) is 2.43. The number of hydrogen-bond acceptors (Lipinski definition) is 4. The second-order valence-electron chi connectivity index (χ2n) is 2.84. The van der Waals surface area contributed by atoms with Crippen molar-refractivity contribution in [1.29, 1.82) is 0 Å². The van der Waals surface area contributed by atoms with E-state index in [1.54, 1.807) is 19.1 Å². The van der Waals surface area contributed by atoms with Gasteiger partial charge in [-0.05, 0) is 19.1 Å². The van der Waals surface area contributed by atoms with Crippen molar-refractivity contribution in [3.05, 3.63) is 24.2 Å². The van der Waals surface area contributed by atoms with E-state index in [2.05, 4.69) is 10.1 Å². The molecule has 0 aliphatic rings. The van der Waals surface area contributed by atoms with Gasteiger partial charge >= 0.3 is 5.97 Å². The second kappa shape index (κ2) is 5.85. The minimum absolute atomic E-state index is 0.104. The number of amides is 1. The van der Waals surface area contributed by atoms with Gasteiger partial charge in [0.2, 0.25) is 5.91 Å². The SMILES string of the molecule is CCOC(=O)CNC(=O)Cc1ccco1. The van der Waals surface area contributed by atoms with E-state index < -0.39 is 5.97 Å². The van der Waals surface area contributed by atoms with Gasteiger partial charge in [0.05, 0.1) is 19.3 Å². The summed E-state index contributed by atoms with van der Waals surface area (Å²) in [6.07, 6.45) is 1.63. The van der Waals surface area contributed by atoms with Crippen LogP contribution in [0, 0.1) is 0 Å². The topological polar surface area (TPSA) is 68.5 Å². The van der Waals surface area contributed by atoms with E-state index in [0.717, 1.165) is 0 Å². The number of esters is 1. The molecule has 0 fully saturated rings. The quantitative estimate of drug-likeness (QED) is 0.720. The Labute approximate surface area is 87.4 Å². The molecule has 0 aliphatic heterocycles. The zero-order valence-electron chi connectivity index (χ0n) is 8.49. The Kier molecular flexibility index (Phi) is 4.40. The van der Waals surface area contributed by atoms with Gasteiger partial charge in [-0.2, -0.15) is 0 Å². The van der Waals surface area contributed by atoms with Gasteiger partial charge in [-0.15, -0.1) is 0 Å². The van der Waals surface area contributed by atoms with Crippen LogP contribution in [0.25, 0.3) is 0 Å². The molecule has 1 aromatic heterocycles. The first-order valence-corrected chi connectivity index (χ1v) is 4.67. The van der Waals surface area contributed by atoms with Crippen LogP contribution in [0.2, 0.25) is 0 Å². The third-order valence-electron chi connectivity index (χ3n) is 1.65. The number of rotatable bonds is 5. The number of hydrogen-bond donors (Lipinski definition) is 1. The largest absolute Gasteiger partial charge is 0.469 e. The first-order chi connectivity index (χ1) is 7.22. The van der Waals surface area contributed by atoms with Gasteiger partial charge in [0.25, 0.3) is 0 Å². The van der Waals surface area contributed by atoms with Gasteiger partial charge in [0.1, 0.15) is 12.3 Å². The summed E-state index contributed by atoms with van der Waals surface area (Å²) >= 11 is 0. The molecule has 0 aliphatic carbocycles. The number of carbonyl (C=O) groups is 2. The molecule has 1 amide bonds. The van der Waals surface area contributed by atoms with Gasteiger partial charge < -0.3 is 14.5 Å². The maximum absolute atomic E-state index is 11.2. The van der Waals surface area contributed by atoms with E-state index in [1.807, 2.05) is 0 Å². The summed E-state index contributed by atoms with van der Waals surface area (Å²) in [4.78, 5) is 22.1. The van der Waals surface area contributed by atoms with E-state index in [-0.39, 0.29) is 18.9 Å². The van der Waals surface area contributed by atoms with Crippen molar-refractivity contribution in [3.63, 3.8) is 0 Å². The highest BCUT2D eigenvalue weighted by atomic mass is 16.5. The Hall–Kier alpha value is -1.78. The Bertz CT molecular complexity index is 318. The van der Waals surface area contributed by atoms with Crippen LogP contribution in [0.5, 0.6) is 0 Å². The van der Waals surface area contributed by atoms with Crippen molar-refractivity contribution in [1.82, 2.24) is 5.32 Å². The van der Waals surface area contributed by atoms with Crippen molar-refractivity contribution in [2.45, 2.75) is 13.3 Å². The second-order valence-corrected chi connectivity index (χ2v) is 2.84. The Morgan fingerprint density at radius 2 is 2.33 bits per heavy atom. The highest BCUT2D eigenvalue weighted by molar-refractivity contribution is 5.82. The summed E-state index contributed by atoms with van der Waals surface area (Å²) < 4.78 is 9.63. The molecule has 0 bridgehead atoms. The molecule has 1 rings (SSSR count). The lowest BCUT2D eigenvalue weighted by Crippen LogP contribution is -2.31. The molecule has 82 valence electrons. The molecule has 0 aromatic carbocycles. The van der Waals surface area contributed by atoms with Gasteiger partial charge in [0, 0.05) is 0 Å². The van der Waals surface area contributed by atoms with Crippen LogP contribution in [-0.2, 0) is 20.7 Å². The van der Waals surface area contributed by atoms with Crippen LogP contribution in [0.15, 0.2) is 22.8 Å². The molecule has 1 aromatic rings. The number of carbonyl (C=O) groups excluding carboxylic acids is 2. The monoisotopic (exact) mass is 211 g/mol. The minimum Gasteiger partial charge on any atom is -0.469 e. The predicted molar refractivity (Wildman–Crippen MR) is 52.1 cm³/mol. The molecule has 1 N–H and O–H groups in total. The Morgan fingerprint density at radius 1 is 1.53 bits per heavy atom. The van der Waals surface area contributed by atoms with Gasteiger partial charge in [-0.25, -0.2) is 0 Å². The normalized spacial score (nSPS) is 9.67. The molecule has 1 heterocycles. The van der Waals surface area contributed by atoms with Crippen LogP contribution in [0.3, 0.4) is 0 Å². The van der Waals surface area contributed by atoms with Gasteiger partial charge in [-0.3, -0.25) is 9.59 Å². The standard InChI is InChI=1S/C10H13NO4/c1-2-14-10(13)7-11-9(12)6-8-4-3-5-15-8/h3-5H,2,6-7H2,1H3,(H,11,12). The van der Waals surface area contributed by atoms with Crippen molar-refractivity contribution < 1.29 is 18.7 Å². The van der Waals surface area contributed by atoms with Crippen LogP contribution < -0.4 is 5.32 Å². The molecular weight excluding hydrogens is 198 g/mol. The molecule has 5 nitrogen and oxygen atoms in total. The van der Waals surface area contributed by atoms with Gasteiger partial charge in [-0.1, -0.05) is 0 Å². The minimum atomic E-state index is -0.440. The predicted octanol–water partition coefficient (Wildman–Crippen LogP) is 0.501. The molecule has 5 heteroatoms. The fourth-order valence-corrected chi connectivity index (χ4v) is 1.02. The van der Waals surface area contributed by atoms with Crippen molar-refractivity contribution in [3.8, 4) is 0 Å². The van der Waals surface area contributed by atoms with E-state index >= 15 is 0 Å². The fraction of sp³-hybridized carbons (Fsp3) is 0.400. The van der Waals surface area contributed by atoms with Crippen molar-refractivity contribution in [2.75, 3.05) is 13.2 Å². The van der Waals surface area contributed by atoms with E-state index in [0.29, 0.717) is 12.4 Å². The summed E-state index contributed by atoms with van der Waals surface area (Å²) in [6, 6.07) is 3.40. The average Bonchev–Trinajstić information content (AvgIpc) is 2.68. The maximum atomic E-state index is 11.2. The zero-order valence-corrected chi connectivity index (χ0v) is 8.49. The van der Waals surface area contributed by atoms with Crippen LogP contribution in [0.4, 0.5) is 0 Å². The molecule has 0 saturated heterocycles. The van der Waals surface area contributed by atoms with Gasteiger partial charge in [0.15, 0.2) is 0 Å². The highest BCUT2D eigenvalue weighted by Crippen LogP contribution is 2.00. The third-order valence-corrected chi connectivity index (χ3v) is 1.65. The van der Waals surface area contributed by atoms with E-state index in [1.165, 1.54) is 6.26 Å². The average molecular weight is 211 g/mol. The Morgan fingerprint density at radius 3 is 2.93 bits per heavy atom. The third kappa shape index (κ3) is 4.30. The first-order valence-electron chi connectivity index (χ1n) is 4.67. The Balaban J connectivity index is 2.22. The molecule has 0 unspecified atom stereocenters. The van der Waals surface area contributed by atoms with E-state index in [4.69, 9.17) is 4.42 Å². The summed E-state index contributed by atoms with van der Waals surface area (Å²) in [5.41, 5.74) is 0. The fourth-order valence-electron chi connectivity index (χ4n) is 1.02. The maximum Gasteiger partial charge on any atom is 0.325 e. The molecular formula is C10H13NO4. The molecule has 0 spiro atoms. The van der Waals surface area contributed by atoms with Crippen molar-refractivity contribution in [2.24, 2.45) is 0 Å². The lowest BCUT2D eigenvalue weighted by atomic mass is 10.3. The van der Waals surface area contributed by atoms with Crippen LogP contribution in [-0.4, -0.2) is 25.0 Å². The lowest BCUT2D eigenvalue weighted by molar-refractivity contribution is -0.143. The summed E-state index contributed by atoms with van der Waals surface area (Å²) in [6.45, 7) is 1.92. The molecule has 0 saturated carbocycles. The van der Waals surface area contributed by atoms with Crippen LogP contribution in [0.1, 0.15) is 12.7 Å². The molecule has 0 radical (unpaired) electrons. The van der Waals surface area contributed by atoms with Crippen LogP contribution >= 0.6 is 0 Å². The van der Waals surface area contributed by atoms with E-state index in [9.17, 15) is 9.59 Å². The molecule has 0 atom stereocenters. The summed E-state index contributed by atoms with van der Waals surface area (Å²) in [7, 11) is 0. The molecule has 15 heavy (non-hydrogen) atoms.